The first kappa shape index (κ1) is 104. The fourth-order valence-corrected chi connectivity index (χ4v) is 19.3. The Balaban J connectivity index is 0.000000187. The van der Waals surface area contributed by atoms with Crippen molar-refractivity contribution < 1.29 is 46.7 Å². The maximum Gasteiger partial charge on any atom is 0.494 e. The van der Waals surface area contributed by atoms with Crippen molar-refractivity contribution in [3.63, 3.8) is 0 Å². The Bertz CT molecular complexity index is 5820. The third-order valence-electron chi connectivity index (χ3n) is 23.2. The summed E-state index contributed by atoms with van der Waals surface area (Å²) in [5.74, 6) is 2.09. The van der Waals surface area contributed by atoms with E-state index in [4.69, 9.17) is 45.8 Å². The van der Waals surface area contributed by atoms with Crippen LogP contribution in [-0.2, 0) is 9.31 Å². The maximum atomic E-state index is 12.5. The molecule has 9 heterocycles. The van der Waals surface area contributed by atoms with Gasteiger partial charge >= 0.3 is 7.12 Å². The van der Waals surface area contributed by atoms with Crippen molar-refractivity contribution in [2.75, 3.05) is 33.5 Å². The largest absolute Gasteiger partial charge is 0.494 e. The molecule has 4 aromatic heterocycles. The molecule has 1 radical (unpaired) electrons. The summed E-state index contributed by atoms with van der Waals surface area (Å²) in [5, 5.41) is 65.5. The zero-order valence-electron chi connectivity index (χ0n) is 81.0. The summed E-state index contributed by atoms with van der Waals surface area (Å²) >= 11 is 12.6. The molecule has 6 N–H and O–H groups in total. The Hall–Kier alpha value is -9.54. The Morgan fingerprint density at radius 3 is 1.30 bits per heavy atom. The lowest BCUT2D eigenvalue weighted by Crippen LogP contribution is -2.60. The van der Waals surface area contributed by atoms with Crippen LogP contribution in [0.5, 0.6) is 11.5 Å². The molecule has 693 valence electrons. The number of ether oxygens (including phenoxy) is 2. The highest BCUT2D eigenvalue weighted by Crippen LogP contribution is 2.42. The number of anilines is 1. The average molecular weight is 1950 g/mol. The van der Waals surface area contributed by atoms with Gasteiger partial charge in [0.15, 0.2) is 11.2 Å². The highest BCUT2D eigenvalue weighted by molar-refractivity contribution is 9.10. The first-order valence-corrected chi connectivity index (χ1v) is 46.5. The Kier molecular flexibility index (Phi) is 33.8. The molecule has 6 aromatic carbocycles. The number of aromatic nitrogens is 2. The number of halogens is 4. The van der Waals surface area contributed by atoms with Gasteiger partial charge in [0.2, 0.25) is 0 Å². The van der Waals surface area contributed by atoms with Gasteiger partial charge in [-0.3, -0.25) is 19.6 Å². The van der Waals surface area contributed by atoms with Crippen molar-refractivity contribution in [1.29, 1.82) is 22.4 Å². The summed E-state index contributed by atoms with van der Waals surface area (Å²) < 4.78 is 56.9. The highest BCUT2D eigenvalue weighted by atomic mass is 79.9. The molecule has 131 heavy (non-hydrogen) atoms. The summed E-state index contributed by atoms with van der Waals surface area (Å²) in [5.41, 5.74) is 10.3. The minimum atomic E-state index is -0.483. The number of amides is 2. The van der Waals surface area contributed by atoms with E-state index in [1.165, 1.54) is 19.7 Å². The van der Waals surface area contributed by atoms with Gasteiger partial charge in [-0.15, -0.1) is 0 Å². The van der Waals surface area contributed by atoms with Crippen LogP contribution in [0.1, 0.15) is 233 Å². The number of nitriles is 4. The molecule has 22 nitrogen and oxygen atoms in total. The Morgan fingerprint density at radius 2 is 0.885 bits per heavy atom. The minimum Gasteiger partial charge on any atom is -0.489 e. The van der Waals surface area contributed by atoms with E-state index in [0.717, 1.165) is 94.8 Å². The maximum absolute atomic E-state index is 12.5. The summed E-state index contributed by atoms with van der Waals surface area (Å²) in [4.78, 5) is 35.9. The molecule has 5 aliphatic rings. The van der Waals surface area contributed by atoms with Crippen molar-refractivity contribution in [2.24, 2.45) is 0 Å². The Morgan fingerprint density at radius 1 is 0.511 bits per heavy atom. The minimum absolute atomic E-state index is 0.00794. The predicted molar refractivity (Wildman–Crippen MR) is 536 cm³/mol. The van der Waals surface area contributed by atoms with Crippen molar-refractivity contribution in [2.45, 2.75) is 270 Å². The topological polar surface area (TPSA) is 305 Å². The van der Waals surface area contributed by atoms with Gasteiger partial charge in [-0.05, 0) is 274 Å². The molecule has 1 unspecified atom stereocenters. The van der Waals surface area contributed by atoms with Crippen molar-refractivity contribution >= 4 is 112 Å². The normalized spacial score (nSPS) is 18.6. The van der Waals surface area contributed by atoms with Gasteiger partial charge in [0.1, 0.15) is 83.9 Å². The van der Waals surface area contributed by atoms with Crippen LogP contribution in [0, 0.1) is 51.1 Å². The molecule has 1 atom stereocenters. The fraction of sp³-hybridized carbons (Fsp3) is 0.451. The van der Waals surface area contributed by atoms with Crippen LogP contribution in [0.3, 0.4) is 0 Å². The molecule has 15 rings (SSSR count). The number of aliphatic hydroxyl groups excluding tert-OH is 1. The van der Waals surface area contributed by atoms with Crippen LogP contribution < -0.4 is 41.5 Å². The number of hydrogen-bond donors (Lipinski definition) is 6. The number of rotatable bonds is 12. The second-order valence-corrected chi connectivity index (χ2v) is 43.1. The number of aliphatic hydroxyl groups is 1. The fourth-order valence-electron chi connectivity index (χ4n) is 18.4. The molecule has 10 aromatic rings. The number of nitrogens with zero attached hydrogens (tertiary/aromatic N) is 8. The number of benzene rings is 6. The molecular formula is C102H127B2Br2ClFN13O9P. The zero-order valence-corrected chi connectivity index (χ0v) is 85.1. The third kappa shape index (κ3) is 29.0. The SMILES string of the molecule is CC1(C)CC(O)CC(C)(C)N1.CC1(C)CC(Oc2ccc(B3OC(C)(C)C(C)(C)O3)cc2C#N)CC(C)(C)N1.CC1(C)CC(Oc2ccc(Br)cc2C#N)CC(C)(C)N1.CN(C)C(=O)c1ccc(-c2cc3nccc(-c4ccc(NC5CC(C)(C)NC(C)(C)C5)c(C#N)c4)c3o2)cc1.CN(C)C(=O)c1ccc(-c2cc3nccc(Cl)c3o2)cc1.N#Cc1cc(Br)ccc1F.[2H][B]P. The molecule has 0 spiro atoms. The monoisotopic (exact) mass is 1940 g/mol. The number of carbonyl (C=O) groups excluding carboxylic acids is 2. The molecule has 5 aliphatic heterocycles. The van der Waals surface area contributed by atoms with Gasteiger partial charge in [0.25, 0.3) is 11.8 Å². The van der Waals surface area contributed by atoms with E-state index in [0.29, 0.717) is 77.0 Å². The highest BCUT2D eigenvalue weighted by Gasteiger charge is 2.52. The molecule has 29 heteroatoms. The predicted octanol–water partition coefficient (Wildman–Crippen LogP) is 21.3. The summed E-state index contributed by atoms with van der Waals surface area (Å²) in [6, 6.07) is 52.2. The summed E-state index contributed by atoms with van der Waals surface area (Å²) in [6.07, 6.45) is 10.7. The number of fused-ring (bicyclic) bond motifs is 2. The van der Waals surface area contributed by atoms with E-state index in [-0.39, 0.29) is 86.0 Å². The van der Waals surface area contributed by atoms with E-state index < -0.39 is 24.1 Å². The smallest absolute Gasteiger partial charge is 0.489 e. The lowest BCUT2D eigenvalue weighted by Gasteiger charge is -2.47. The molecule has 5 saturated heterocycles. The summed E-state index contributed by atoms with van der Waals surface area (Å²) in [6.45, 7) is 43.1. The van der Waals surface area contributed by atoms with Crippen molar-refractivity contribution in [3.05, 3.63) is 211 Å². The number of carbonyl (C=O) groups is 2. The van der Waals surface area contributed by atoms with Crippen molar-refractivity contribution in [3.8, 4) is 69.6 Å². The zero-order chi connectivity index (χ0) is 97.8. The number of pyridine rings is 2. The number of hydrogen-bond acceptors (Lipinski definition) is 20. The lowest BCUT2D eigenvalue weighted by molar-refractivity contribution is 0.00578. The first-order valence-electron chi connectivity index (χ1n) is 44.4. The van der Waals surface area contributed by atoms with Crippen molar-refractivity contribution in [1.82, 2.24) is 41.0 Å². The van der Waals surface area contributed by atoms with Gasteiger partial charge in [-0.2, -0.15) is 30.2 Å². The van der Waals surface area contributed by atoms with Crippen LogP contribution in [0.15, 0.2) is 176 Å². The van der Waals surface area contributed by atoms with Crippen LogP contribution in [0.25, 0.3) is 56.0 Å². The number of nitrogens with one attached hydrogen (secondary N) is 5. The average Bonchev–Trinajstić information content (AvgIpc) is 1.55. The quantitative estimate of drug-likeness (QED) is 0.0489. The van der Waals surface area contributed by atoms with E-state index in [2.05, 4.69) is 207 Å². The van der Waals surface area contributed by atoms with Crippen LogP contribution in [0.4, 0.5) is 10.1 Å². The summed E-state index contributed by atoms with van der Waals surface area (Å²) in [7, 11) is 9.72. The molecular weight excluding hydrogens is 1820 g/mol. The molecule has 0 bridgehead atoms. The van der Waals surface area contributed by atoms with Gasteiger partial charge in [0, 0.05) is 166 Å². The molecule has 2 amide bonds. The van der Waals surface area contributed by atoms with Gasteiger partial charge in [-0.25, -0.2) is 4.39 Å². The van der Waals surface area contributed by atoms with Gasteiger partial charge in [0.05, 0.1) is 50.3 Å². The molecule has 0 aliphatic carbocycles. The number of furan rings is 2. The van der Waals surface area contributed by atoms with Crippen LogP contribution in [0.2, 0.25) is 5.02 Å². The Labute approximate surface area is 801 Å². The van der Waals surface area contributed by atoms with E-state index in [1.54, 1.807) is 98.9 Å². The third-order valence-corrected chi connectivity index (χ3v) is 24.5. The van der Waals surface area contributed by atoms with E-state index in [9.17, 15) is 34.9 Å². The lowest BCUT2D eigenvalue weighted by atomic mass is 9.78. The van der Waals surface area contributed by atoms with E-state index in [1.807, 2.05) is 119 Å². The van der Waals surface area contributed by atoms with Crippen LogP contribution >= 0.6 is 52.6 Å². The first-order chi connectivity index (χ1) is 61.4. The molecule has 5 fully saturated rings. The number of piperidine rings is 4. The van der Waals surface area contributed by atoms with Gasteiger partial charge < -0.3 is 69.1 Å². The standard InChI is InChI=1S/C32H35N5O2.C22H33BN2O3.C16H21BrN2O.C16H13ClN2O2.C9H19NO.C7H3BrFN.BH3P/c1-31(2)17-24(18-32(3,4)36-31)35-26-12-11-22(15-23(26)19-33)25-13-14-34-27-16-28(39-29(25)27)20-7-9-21(10-8-20)30(38)37(5)6;1-19(2)12-17(13-20(3,4)25-19)26-18-10-9-16(11-15(18)14-24)23-27-21(5,6)22(7,8)28-23;1-15(2)8-13(9-16(3,4)19-15)20-14-6-5-12(17)7-11(14)10-18;1-19(2)16(20)11-5-3-10(4-6-11)14-9-13-15(21-14)12(17)7-8-18-13;1-8(2)5-7(11)6-9(3,4)10-8;8-6-1-2-7(9)5(3-6)4-10;1-2/h7-16,24,35-36H,17-18H2,1-6H3;9-11,17,25H,12-13H2,1-8H3;5-7,13,19H,8-9H2,1-4H3;3-9H,1-2H3;7,10-11H,5-6H2,1-4H3;1-3H;1H,2H2/i;;;;;;1D. The van der Waals surface area contributed by atoms with E-state index >= 15 is 0 Å². The second-order valence-electron chi connectivity index (χ2n) is 40.9. The molecule has 0 saturated carbocycles. The van der Waals surface area contributed by atoms with Gasteiger partial charge in [-0.1, -0.05) is 79.9 Å². The van der Waals surface area contributed by atoms with Crippen LogP contribution in [-0.4, -0.2) is 161 Å². The second kappa shape index (κ2) is 42.8.